The zero-order valence-corrected chi connectivity index (χ0v) is 11.2. The van der Waals surface area contributed by atoms with E-state index in [-0.39, 0.29) is 5.54 Å². The van der Waals surface area contributed by atoms with E-state index in [1.54, 1.807) is 0 Å². The molecule has 4 heteroatoms. The molecule has 0 spiro atoms. The molecule has 1 aromatic rings. The van der Waals surface area contributed by atoms with Gasteiger partial charge in [0.25, 0.3) is 0 Å². The van der Waals surface area contributed by atoms with Gasteiger partial charge in [-0.2, -0.15) is 5.10 Å². The molecule has 0 saturated carbocycles. The van der Waals surface area contributed by atoms with Crippen molar-refractivity contribution in [2.75, 3.05) is 12.4 Å². The third-order valence-electron chi connectivity index (χ3n) is 3.41. The van der Waals surface area contributed by atoms with Crippen molar-refractivity contribution >= 4 is 11.6 Å². The van der Waals surface area contributed by atoms with E-state index in [9.17, 15) is 0 Å². The van der Waals surface area contributed by atoms with Gasteiger partial charge in [0, 0.05) is 43.3 Å². The van der Waals surface area contributed by atoms with E-state index in [0.29, 0.717) is 5.88 Å². The van der Waals surface area contributed by atoms with Gasteiger partial charge in [-0.1, -0.05) is 13.8 Å². The summed E-state index contributed by atoms with van der Waals surface area (Å²) in [6, 6.07) is 2.06. The average Bonchev–Trinajstić information content (AvgIpc) is 2.71. The number of hydrogen-bond donors (Lipinski definition) is 1. The zero-order chi connectivity index (χ0) is 12.0. The topological polar surface area (TPSA) is 29.9 Å². The van der Waals surface area contributed by atoms with E-state index in [2.05, 4.69) is 30.3 Å². The van der Waals surface area contributed by atoms with Crippen LogP contribution in [0.1, 0.15) is 32.4 Å². The molecule has 1 aromatic heterocycles. The van der Waals surface area contributed by atoms with Crippen LogP contribution in [0.3, 0.4) is 0 Å². The quantitative estimate of drug-likeness (QED) is 0.746. The predicted octanol–water partition coefficient (Wildman–Crippen LogP) is 2.35. The largest absolute Gasteiger partial charge is 0.310 e. The number of nitrogens with one attached hydrogen (secondary N) is 1. The lowest BCUT2D eigenvalue weighted by atomic mass is 9.95. The third-order valence-corrected chi connectivity index (χ3v) is 3.92. The Hall–Kier alpha value is -0.540. The summed E-state index contributed by atoms with van der Waals surface area (Å²) in [7, 11) is 1.98. The van der Waals surface area contributed by atoms with Crippen LogP contribution in [0.2, 0.25) is 0 Å². The molecule has 0 saturated heterocycles. The van der Waals surface area contributed by atoms with Crippen molar-refractivity contribution in [2.45, 2.75) is 38.6 Å². The minimum absolute atomic E-state index is 0.0974. The number of halogens is 1. The molecule has 1 N–H and O–H groups in total. The summed E-state index contributed by atoms with van der Waals surface area (Å²) in [6.07, 6.45) is 4.97. The van der Waals surface area contributed by atoms with E-state index in [0.717, 1.165) is 25.8 Å². The van der Waals surface area contributed by atoms with Crippen LogP contribution in [0.15, 0.2) is 12.3 Å². The Bertz CT molecular complexity index is 297. The molecule has 1 rings (SSSR count). The maximum atomic E-state index is 6.04. The van der Waals surface area contributed by atoms with Gasteiger partial charge in [-0.15, -0.1) is 11.6 Å². The summed E-state index contributed by atoms with van der Waals surface area (Å²) in [6.45, 7) is 5.32. The van der Waals surface area contributed by atoms with Crippen LogP contribution in [0.25, 0.3) is 0 Å². The van der Waals surface area contributed by atoms with Gasteiger partial charge in [-0.05, 0) is 18.9 Å². The van der Waals surface area contributed by atoms with Crippen molar-refractivity contribution in [1.29, 1.82) is 0 Å². The lowest BCUT2D eigenvalue weighted by molar-refractivity contribution is 0.338. The molecule has 92 valence electrons. The van der Waals surface area contributed by atoms with Crippen molar-refractivity contribution in [2.24, 2.45) is 7.05 Å². The number of aryl methyl sites for hydroxylation is 1. The predicted molar refractivity (Wildman–Crippen MR) is 68.9 cm³/mol. The minimum atomic E-state index is 0.0974. The fourth-order valence-corrected chi connectivity index (χ4v) is 2.31. The first-order valence-corrected chi connectivity index (χ1v) is 6.48. The summed E-state index contributed by atoms with van der Waals surface area (Å²) in [4.78, 5) is 0. The Morgan fingerprint density at radius 1 is 1.44 bits per heavy atom. The van der Waals surface area contributed by atoms with Gasteiger partial charge in [-0.25, -0.2) is 0 Å². The lowest BCUT2D eigenvalue weighted by Gasteiger charge is -2.30. The van der Waals surface area contributed by atoms with Gasteiger partial charge in [0.1, 0.15) is 0 Å². The maximum Gasteiger partial charge on any atom is 0.0492 e. The number of aromatic nitrogens is 2. The molecule has 0 aromatic carbocycles. The third kappa shape index (κ3) is 3.22. The minimum Gasteiger partial charge on any atom is -0.310 e. The van der Waals surface area contributed by atoms with Crippen LogP contribution < -0.4 is 5.32 Å². The molecule has 3 nitrogen and oxygen atoms in total. The fourth-order valence-electron chi connectivity index (χ4n) is 1.84. The van der Waals surface area contributed by atoms with Gasteiger partial charge >= 0.3 is 0 Å². The SMILES string of the molecule is CCC(CC)(CCl)NCCc1ccnn1C. The van der Waals surface area contributed by atoms with Crippen LogP contribution in [0.5, 0.6) is 0 Å². The Kier molecular flexibility index (Phi) is 5.29. The highest BCUT2D eigenvalue weighted by Crippen LogP contribution is 2.16. The Labute approximate surface area is 103 Å². The summed E-state index contributed by atoms with van der Waals surface area (Å²) < 4.78 is 1.92. The van der Waals surface area contributed by atoms with Crippen LogP contribution in [0.4, 0.5) is 0 Å². The second kappa shape index (κ2) is 6.26. The molecule has 0 aliphatic rings. The first kappa shape index (κ1) is 13.5. The second-order valence-electron chi connectivity index (χ2n) is 4.24. The molecular weight excluding hydrogens is 222 g/mol. The van der Waals surface area contributed by atoms with E-state index in [4.69, 9.17) is 11.6 Å². The van der Waals surface area contributed by atoms with Gasteiger partial charge in [-0.3, -0.25) is 4.68 Å². The summed E-state index contributed by atoms with van der Waals surface area (Å²) in [5, 5.41) is 7.73. The summed E-state index contributed by atoms with van der Waals surface area (Å²) in [5.74, 6) is 0.672. The lowest BCUT2D eigenvalue weighted by Crippen LogP contribution is -2.46. The molecule has 16 heavy (non-hydrogen) atoms. The van der Waals surface area contributed by atoms with Crippen molar-refractivity contribution in [3.8, 4) is 0 Å². The monoisotopic (exact) mass is 243 g/mol. The fraction of sp³-hybridized carbons (Fsp3) is 0.750. The molecule has 1 heterocycles. The van der Waals surface area contributed by atoms with E-state index < -0.39 is 0 Å². The van der Waals surface area contributed by atoms with Crippen LogP contribution in [0, 0.1) is 0 Å². The van der Waals surface area contributed by atoms with Crippen molar-refractivity contribution in [3.63, 3.8) is 0 Å². The molecule has 0 radical (unpaired) electrons. The van der Waals surface area contributed by atoms with E-state index in [1.165, 1.54) is 5.69 Å². The van der Waals surface area contributed by atoms with Gasteiger partial charge in [0.05, 0.1) is 0 Å². The van der Waals surface area contributed by atoms with Gasteiger partial charge in [0.15, 0.2) is 0 Å². The number of rotatable bonds is 7. The molecule has 0 aliphatic heterocycles. The van der Waals surface area contributed by atoms with Gasteiger partial charge in [0.2, 0.25) is 0 Å². The van der Waals surface area contributed by atoms with Gasteiger partial charge < -0.3 is 5.32 Å². The Balaban J connectivity index is 2.42. The highest BCUT2D eigenvalue weighted by Gasteiger charge is 2.23. The first-order chi connectivity index (χ1) is 7.67. The normalized spacial score (nSPS) is 12.0. The highest BCUT2D eigenvalue weighted by molar-refractivity contribution is 6.18. The van der Waals surface area contributed by atoms with Crippen molar-refractivity contribution in [1.82, 2.24) is 15.1 Å². The van der Waals surface area contributed by atoms with Crippen molar-refractivity contribution < 1.29 is 0 Å². The second-order valence-corrected chi connectivity index (χ2v) is 4.51. The summed E-state index contributed by atoms with van der Waals surface area (Å²) in [5.41, 5.74) is 1.35. The molecular formula is C12H22ClN3. The van der Waals surface area contributed by atoms with E-state index in [1.807, 2.05) is 17.9 Å². The molecule has 0 aliphatic carbocycles. The molecule has 0 unspecified atom stereocenters. The number of alkyl halides is 1. The highest BCUT2D eigenvalue weighted by atomic mass is 35.5. The first-order valence-electron chi connectivity index (χ1n) is 5.95. The average molecular weight is 244 g/mol. The number of nitrogens with zero attached hydrogens (tertiary/aromatic N) is 2. The number of hydrogen-bond acceptors (Lipinski definition) is 2. The summed E-state index contributed by atoms with van der Waals surface area (Å²) >= 11 is 6.04. The smallest absolute Gasteiger partial charge is 0.0492 e. The molecule has 0 amide bonds. The molecule has 0 fully saturated rings. The van der Waals surface area contributed by atoms with Crippen LogP contribution in [-0.2, 0) is 13.5 Å². The maximum absolute atomic E-state index is 6.04. The Morgan fingerprint density at radius 2 is 2.12 bits per heavy atom. The zero-order valence-electron chi connectivity index (χ0n) is 10.5. The standard InChI is InChI=1S/C12H22ClN3/c1-4-12(5-2,10-13)14-8-6-11-7-9-15-16(11)3/h7,9,14H,4-6,8,10H2,1-3H3. The molecule has 0 atom stereocenters. The van der Waals surface area contributed by atoms with Crippen LogP contribution >= 0.6 is 11.6 Å². The molecule has 0 bridgehead atoms. The Morgan fingerprint density at radius 3 is 2.56 bits per heavy atom. The van der Waals surface area contributed by atoms with E-state index >= 15 is 0 Å². The van der Waals surface area contributed by atoms with Crippen LogP contribution in [-0.4, -0.2) is 27.7 Å². The van der Waals surface area contributed by atoms with Crippen molar-refractivity contribution in [3.05, 3.63) is 18.0 Å².